The minimum absolute atomic E-state index is 0.00767. The van der Waals surface area contributed by atoms with E-state index < -0.39 is 12.0 Å². The first kappa shape index (κ1) is 55.4. The number of carbonyl (C=O) groups excluding carboxylic acids is 4. The number of amides is 5. The zero-order chi connectivity index (χ0) is 44.1. The Morgan fingerprint density at radius 2 is 1.51 bits per heavy atom. The van der Waals surface area contributed by atoms with E-state index in [1.54, 1.807) is 26.2 Å². The van der Waals surface area contributed by atoms with Crippen LogP contribution in [-0.2, 0) is 35.1 Å². The van der Waals surface area contributed by atoms with Crippen LogP contribution >= 0.6 is 0 Å². The van der Waals surface area contributed by atoms with E-state index in [-0.39, 0.29) is 42.8 Å². The first-order chi connectivity index (χ1) is 27.0. The molecule has 1 aromatic rings. The second-order valence-electron chi connectivity index (χ2n) is 15.6. The van der Waals surface area contributed by atoms with Crippen LogP contribution in [0.4, 0.5) is 4.79 Å². The number of likely N-dealkylation sites (N-methyl/N-ethyl adjacent to an activating group) is 1. The second kappa shape index (κ2) is 32.3. The third-order valence-electron chi connectivity index (χ3n) is 10.6. The number of ether oxygens (including phenoxy) is 2. The molecule has 0 spiro atoms. The molecule has 1 aromatic carbocycles. The number of aliphatic carboxylic acids is 1. The Morgan fingerprint density at radius 1 is 0.912 bits per heavy atom. The smallest absolute Gasteiger partial charge is 0.326 e. The summed E-state index contributed by atoms with van der Waals surface area (Å²) in [5, 5.41) is 16.7. The van der Waals surface area contributed by atoms with Crippen molar-refractivity contribution in [2.45, 2.75) is 157 Å². The van der Waals surface area contributed by atoms with E-state index in [0.717, 1.165) is 50.6 Å². The summed E-state index contributed by atoms with van der Waals surface area (Å²) in [6, 6.07) is 8.41. The van der Waals surface area contributed by atoms with Gasteiger partial charge in [-0.15, -0.1) is 0 Å². The molecule has 8 atom stereocenters. The minimum atomic E-state index is -1.03. The highest BCUT2D eigenvalue weighted by Gasteiger charge is 2.33. The fraction of sp³-hybridized carbons (Fsp3) is 0.750. The highest BCUT2D eigenvalue weighted by molar-refractivity contribution is 5.84. The summed E-state index contributed by atoms with van der Waals surface area (Å²) < 4.78 is 11.0. The molecule has 0 aromatic heterocycles. The second-order valence-corrected chi connectivity index (χ2v) is 15.6. The number of carboxylic acid groups (broad SMARTS) is 1. The van der Waals surface area contributed by atoms with Crippen molar-refractivity contribution in [1.29, 1.82) is 0 Å². The molecular weight excluding hydrogens is 727 g/mol. The maximum Gasteiger partial charge on any atom is 0.326 e. The number of carboxylic acids is 1. The fourth-order valence-corrected chi connectivity index (χ4v) is 6.84. The SMILES string of the molecule is CCC.CCC(C)C(C(CC)OC)N(C)C(=O)CNC(=O)NC(CC)[C@@H](C)C(C)C.COC(C(C)C)C1CCCN1C=O.O=CN[C@@H](Cc1ccccc1)C(=O)O. The quantitative estimate of drug-likeness (QED) is 0.0988. The van der Waals surface area contributed by atoms with Gasteiger partial charge < -0.3 is 40.3 Å². The number of benzene rings is 1. The number of rotatable bonds is 21. The van der Waals surface area contributed by atoms with Crippen molar-refractivity contribution in [2.24, 2.45) is 23.7 Å². The summed E-state index contributed by atoms with van der Waals surface area (Å²) in [7, 11) is 5.22. The molecule has 6 unspecified atom stereocenters. The standard InChI is InChI=1S/C21H43N3O3.C10H11NO3.C10H19NO2.C3H8/c1-10-15(6)20(18(12-3)27-9)24(8)19(25)13-22-21(26)23-17(11-2)16(7)14(4)5;12-7-11-9(10(13)14)6-8-4-2-1-3-5-8;1-8(2)10(13-3)9-5-4-6-11(9)7-12;1-3-2/h14-18,20H,10-13H2,1-9H3,(H2,22,23,26);1-5,7,9H,6H2,(H,11,12)(H,13,14);7-10H,4-6H2,1-3H3;3H2,1-2H3/t15?,16-,17?,18?,20?;9-;;/m00../s1. The van der Waals surface area contributed by atoms with Gasteiger partial charge in [0.05, 0.1) is 30.8 Å². The number of urea groups is 1. The molecule has 5 amide bonds. The Morgan fingerprint density at radius 3 is 1.93 bits per heavy atom. The topological polar surface area (TPSA) is 167 Å². The number of methoxy groups -OCH3 is 2. The molecule has 1 saturated heterocycles. The Bertz CT molecular complexity index is 1220. The van der Waals surface area contributed by atoms with E-state index >= 15 is 0 Å². The van der Waals surface area contributed by atoms with Crippen LogP contribution in [0.25, 0.3) is 0 Å². The maximum atomic E-state index is 12.7. The zero-order valence-corrected chi connectivity index (χ0v) is 37.9. The highest BCUT2D eigenvalue weighted by Crippen LogP contribution is 2.24. The summed E-state index contributed by atoms with van der Waals surface area (Å²) in [6.07, 6.45) is 7.92. The van der Waals surface area contributed by atoms with Crippen molar-refractivity contribution in [3.63, 3.8) is 0 Å². The lowest BCUT2D eigenvalue weighted by atomic mass is 9.89. The lowest BCUT2D eigenvalue weighted by molar-refractivity contribution is -0.140. The fourth-order valence-electron chi connectivity index (χ4n) is 6.84. The number of nitrogens with zero attached hydrogens (tertiary/aromatic N) is 2. The minimum Gasteiger partial charge on any atom is -0.480 e. The number of nitrogens with one attached hydrogen (secondary N) is 3. The third kappa shape index (κ3) is 21.6. The Hall–Kier alpha value is -3.71. The number of likely N-dealkylation sites (tertiary alicyclic amines) is 1. The van der Waals surface area contributed by atoms with Crippen molar-refractivity contribution < 1.29 is 38.6 Å². The molecule has 4 N–H and O–H groups in total. The third-order valence-corrected chi connectivity index (χ3v) is 10.6. The van der Waals surface area contributed by atoms with Crippen LogP contribution in [0.2, 0.25) is 0 Å². The summed E-state index contributed by atoms with van der Waals surface area (Å²) in [5.74, 6) is 0.515. The Labute approximate surface area is 345 Å². The van der Waals surface area contributed by atoms with Crippen LogP contribution in [0, 0.1) is 23.7 Å². The molecule has 0 aliphatic carbocycles. The van der Waals surface area contributed by atoms with Gasteiger partial charge in [-0.3, -0.25) is 14.4 Å². The molecule has 1 aliphatic rings. The molecule has 1 fully saturated rings. The Kier molecular flexibility index (Phi) is 31.4. The van der Waals surface area contributed by atoms with Gasteiger partial charge in [0.1, 0.15) is 6.04 Å². The van der Waals surface area contributed by atoms with E-state index in [1.807, 2.05) is 35.2 Å². The van der Waals surface area contributed by atoms with E-state index in [1.165, 1.54) is 6.42 Å². The van der Waals surface area contributed by atoms with Gasteiger partial charge in [0.25, 0.3) is 0 Å². The molecule has 13 nitrogen and oxygen atoms in total. The van der Waals surface area contributed by atoms with Gasteiger partial charge >= 0.3 is 12.0 Å². The van der Waals surface area contributed by atoms with Crippen LogP contribution in [0.1, 0.15) is 120 Å². The number of carbonyl (C=O) groups is 5. The predicted octanol–water partition coefficient (Wildman–Crippen LogP) is 6.78. The first-order valence-corrected chi connectivity index (χ1v) is 21.0. The van der Waals surface area contributed by atoms with Crippen LogP contribution in [-0.4, -0.2) is 116 Å². The zero-order valence-electron chi connectivity index (χ0n) is 37.9. The van der Waals surface area contributed by atoms with Gasteiger partial charge in [-0.05, 0) is 54.9 Å². The summed E-state index contributed by atoms with van der Waals surface area (Å²) in [4.78, 5) is 60.1. The van der Waals surface area contributed by atoms with Crippen molar-refractivity contribution in [2.75, 3.05) is 34.4 Å². The molecule has 2 rings (SSSR count). The maximum absolute atomic E-state index is 12.7. The monoisotopic (exact) mass is 808 g/mol. The van der Waals surface area contributed by atoms with Crippen LogP contribution in [0.3, 0.4) is 0 Å². The molecule has 1 aliphatic heterocycles. The number of hydrogen-bond acceptors (Lipinski definition) is 7. The number of hydrogen-bond donors (Lipinski definition) is 4. The van der Waals surface area contributed by atoms with E-state index in [4.69, 9.17) is 14.6 Å². The van der Waals surface area contributed by atoms with Crippen molar-refractivity contribution in [3.8, 4) is 0 Å². The molecule has 330 valence electrons. The normalized spacial score (nSPS) is 17.0. The van der Waals surface area contributed by atoms with Gasteiger partial charge in [-0.25, -0.2) is 9.59 Å². The van der Waals surface area contributed by atoms with Crippen LogP contribution in [0.15, 0.2) is 30.3 Å². The molecular formula is C44H81N5O8. The summed E-state index contributed by atoms with van der Waals surface area (Å²) in [6.45, 7) is 24.2. The average molecular weight is 808 g/mol. The van der Waals surface area contributed by atoms with Gasteiger partial charge in [0.2, 0.25) is 18.7 Å². The van der Waals surface area contributed by atoms with E-state index in [0.29, 0.717) is 42.5 Å². The first-order valence-electron chi connectivity index (χ1n) is 21.0. The van der Waals surface area contributed by atoms with E-state index in [2.05, 4.69) is 92.1 Å². The molecule has 0 bridgehead atoms. The summed E-state index contributed by atoms with van der Waals surface area (Å²) >= 11 is 0. The van der Waals surface area contributed by atoms with Gasteiger partial charge in [-0.2, -0.15) is 0 Å². The Balaban J connectivity index is 0. The lowest BCUT2D eigenvalue weighted by Gasteiger charge is -2.37. The van der Waals surface area contributed by atoms with E-state index in [9.17, 15) is 24.0 Å². The average Bonchev–Trinajstić information content (AvgIpc) is 3.66. The largest absolute Gasteiger partial charge is 0.480 e. The molecule has 0 saturated carbocycles. The van der Waals surface area contributed by atoms with Gasteiger partial charge in [0, 0.05) is 40.3 Å². The van der Waals surface area contributed by atoms with Crippen molar-refractivity contribution >= 4 is 30.7 Å². The van der Waals surface area contributed by atoms with Gasteiger partial charge in [-0.1, -0.05) is 119 Å². The van der Waals surface area contributed by atoms with Crippen molar-refractivity contribution in [3.05, 3.63) is 35.9 Å². The highest BCUT2D eigenvalue weighted by atomic mass is 16.5. The molecule has 0 radical (unpaired) electrons. The lowest BCUT2D eigenvalue weighted by Crippen LogP contribution is -2.53. The van der Waals surface area contributed by atoms with Gasteiger partial charge in [0.15, 0.2) is 0 Å². The molecule has 13 heteroatoms. The molecule has 57 heavy (non-hydrogen) atoms. The van der Waals surface area contributed by atoms with Crippen LogP contribution < -0.4 is 16.0 Å². The molecule has 1 heterocycles. The predicted molar refractivity (Wildman–Crippen MR) is 230 cm³/mol. The summed E-state index contributed by atoms with van der Waals surface area (Å²) in [5.41, 5.74) is 0.884. The van der Waals surface area contributed by atoms with Crippen LogP contribution in [0.5, 0.6) is 0 Å². The van der Waals surface area contributed by atoms with Crippen molar-refractivity contribution in [1.82, 2.24) is 25.8 Å².